The van der Waals surface area contributed by atoms with Gasteiger partial charge in [0.1, 0.15) is 11.1 Å². The maximum atomic E-state index is 12.3. The third-order valence-electron chi connectivity index (χ3n) is 7.60. The molecule has 0 saturated heterocycles. The molecule has 0 aromatic carbocycles. The normalized spacial score (nSPS) is 11.5. The van der Waals surface area contributed by atoms with Gasteiger partial charge in [-0.25, -0.2) is 28.9 Å². The number of ether oxygens (including phenoxy) is 2. The first-order valence-electron chi connectivity index (χ1n) is 15.3. The number of anilines is 2. The number of rotatable bonds is 12. The van der Waals surface area contributed by atoms with Crippen LogP contribution in [0.25, 0.3) is 11.6 Å². The topological polar surface area (TPSA) is 251 Å². The fraction of sp³-hybridized carbons (Fsp3) is 0.226. The molecule has 20 heteroatoms. The van der Waals surface area contributed by atoms with E-state index in [0.29, 0.717) is 42.3 Å². The summed E-state index contributed by atoms with van der Waals surface area (Å²) in [5.74, 6) is 0.432. The Hall–Kier alpha value is -7.12. The van der Waals surface area contributed by atoms with Crippen LogP contribution in [0.1, 0.15) is 38.5 Å². The van der Waals surface area contributed by atoms with Crippen LogP contribution in [0, 0.1) is 0 Å². The first kappa shape index (κ1) is 33.8. The number of aromatic nitrogens is 10. The first-order valence-corrected chi connectivity index (χ1v) is 15.3. The van der Waals surface area contributed by atoms with Crippen molar-refractivity contribution in [1.29, 1.82) is 0 Å². The predicted octanol–water partition coefficient (Wildman–Crippen LogP) is 4.06. The second-order valence-electron chi connectivity index (χ2n) is 10.8. The van der Waals surface area contributed by atoms with Crippen LogP contribution in [-0.2, 0) is 36.4 Å². The molecule has 0 amide bonds. The molecule has 0 bridgehead atoms. The summed E-state index contributed by atoms with van der Waals surface area (Å²) in [6.45, 7) is 0. The zero-order chi connectivity index (χ0) is 36.1. The second-order valence-corrected chi connectivity index (χ2v) is 10.8. The average Bonchev–Trinajstić information content (AvgIpc) is 3.89. The highest BCUT2D eigenvalue weighted by Crippen LogP contribution is 2.35. The van der Waals surface area contributed by atoms with Gasteiger partial charge in [-0.2, -0.15) is 29.8 Å². The Kier molecular flexibility index (Phi) is 9.64. The first-order chi connectivity index (χ1) is 24.7. The molecule has 6 heterocycles. The van der Waals surface area contributed by atoms with E-state index in [0.717, 1.165) is 0 Å². The van der Waals surface area contributed by atoms with Crippen LogP contribution in [0.4, 0.5) is 34.6 Å². The molecule has 260 valence electrons. The summed E-state index contributed by atoms with van der Waals surface area (Å²) in [7, 11) is 5.78. The number of nitrogen functional groups attached to an aromatic ring is 2. The van der Waals surface area contributed by atoms with Crippen molar-refractivity contribution in [3.8, 4) is 11.6 Å². The summed E-state index contributed by atoms with van der Waals surface area (Å²) in [5.41, 5.74) is 14.9. The van der Waals surface area contributed by atoms with Crippen molar-refractivity contribution in [2.45, 2.75) is 19.3 Å². The minimum absolute atomic E-state index is 0.133. The minimum Gasteiger partial charge on any atom is -0.465 e. The van der Waals surface area contributed by atoms with E-state index in [1.807, 2.05) is 0 Å². The molecule has 0 atom stereocenters. The third-order valence-corrected chi connectivity index (χ3v) is 7.60. The van der Waals surface area contributed by atoms with Gasteiger partial charge in [0.05, 0.1) is 38.0 Å². The van der Waals surface area contributed by atoms with Crippen molar-refractivity contribution in [2.24, 2.45) is 34.6 Å². The fourth-order valence-corrected chi connectivity index (χ4v) is 5.03. The van der Waals surface area contributed by atoms with E-state index in [-0.39, 0.29) is 45.8 Å². The zero-order valence-electron chi connectivity index (χ0n) is 27.9. The van der Waals surface area contributed by atoms with Crippen LogP contribution < -0.4 is 11.5 Å². The SMILES string of the molecule is COC(=O)c1cnn(C)c1N=Nc1c(CCCc2nn(-c3ccccn3)c(N)c2N=Nc2c(C(=O)OC)cnn2C)nn(-c2ccccn2)c1N. The van der Waals surface area contributed by atoms with E-state index in [4.69, 9.17) is 31.1 Å². The quantitative estimate of drug-likeness (QED) is 0.136. The van der Waals surface area contributed by atoms with Crippen molar-refractivity contribution < 1.29 is 19.1 Å². The van der Waals surface area contributed by atoms with Gasteiger partial charge in [0.2, 0.25) is 0 Å². The number of esters is 2. The molecular weight excluding hydrogens is 660 g/mol. The monoisotopic (exact) mass is 692 g/mol. The molecule has 0 radical (unpaired) electrons. The molecule has 6 aromatic rings. The Bertz CT molecular complexity index is 2090. The van der Waals surface area contributed by atoms with E-state index in [2.05, 4.69) is 40.6 Å². The van der Waals surface area contributed by atoms with Gasteiger partial charge in [0.15, 0.2) is 46.3 Å². The van der Waals surface area contributed by atoms with Crippen molar-refractivity contribution in [1.82, 2.24) is 49.1 Å². The van der Waals surface area contributed by atoms with E-state index in [1.165, 1.54) is 45.3 Å². The lowest BCUT2D eigenvalue weighted by Crippen LogP contribution is -2.04. The number of methoxy groups -OCH3 is 2. The van der Waals surface area contributed by atoms with Crippen LogP contribution in [0.3, 0.4) is 0 Å². The number of carbonyl (C=O) groups excluding carboxylic acids is 2. The molecular formula is C31H32N16O4. The molecule has 0 unspecified atom stereocenters. The van der Waals surface area contributed by atoms with Gasteiger partial charge >= 0.3 is 11.9 Å². The molecule has 0 fully saturated rings. The van der Waals surface area contributed by atoms with E-state index in [9.17, 15) is 9.59 Å². The summed E-state index contributed by atoms with van der Waals surface area (Å²) in [6, 6.07) is 10.7. The van der Waals surface area contributed by atoms with Gasteiger partial charge in [-0.15, -0.1) is 20.5 Å². The van der Waals surface area contributed by atoms with Gasteiger partial charge in [0, 0.05) is 26.5 Å². The summed E-state index contributed by atoms with van der Waals surface area (Å²) in [4.78, 5) is 33.4. The molecule has 20 nitrogen and oxygen atoms in total. The number of hydrogen-bond acceptors (Lipinski definition) is 16. The molecule has 0 aliphatic heterocycles. The number of nitrogens with zero attached hydrogens (tertiary/aromatic N) is 14. The lowest BCUT2D eigenvalue weighted by Gasteiger charge is -2.01. The van der Waals surface area contributed by atoms with Crippen molar-refractivity contribution in [3.63, 3.8) is 0 Å². The molecule has 6 aromatic heterocycles. The van der Waals surface area contributed by atoms with Gasteiger partial charge < -0.3 is 20.9 Å². The lowest BCUT2D eigenvalue weighted by atomic mass is 10.1. The zero-order valence-corrected chi connectivity index (χ0v) is 27.9. The number of pyridine rings is 2. The molecule has 0 aliphatic carbocycles. The van der Waals surface area contributed by atoms with Crippen LogP contribution in [0.2, 0.25) is 0 Å². The highest BCUT2D eigenvalue weighted by Gasteiger charge is 2.23. The number of azo groups is 2. The highest BCUT2D eigenvalue weighted by molar-refractivity contribution is 5.94. The van der Waals surface area contributed by atoms with E-state index >= 15 is 0 Å². The minimum atomic E-state index is -0.614. The second kappa shape index (κ2) is 14.6. The van der Waals surface area contributed by atoms with Gasteiger partial charge in [0.25, 0.3) is 0 Å². The van der Waals surface area contributed by atoms with Crippen molar-refractivity contribution >= 4 is 46.6 Å². The molecule has 0 spiro atoms. The van der Waals surface area contributed by atoms with Crippen LogP contribution in [-0.4, -0.2) is 75.2 Å². The number of hydrogen-bond donors (Lipinski definition) is 2. The van der Waals surface area contributed by atoms with Crippen molar-refractivity contribution in [2.75, 3.05) is 25.7 Å². The standard InChI is InChI=1S/C31H32N16O4/c1-44-28(18(16-36-44)30(48)50-3)40-38-24-20(42-46(26(24)32)22-12-5-7-14-34-22)10-9-11-21-25(27(33)47(43-21)23-13-6-8-15-35-23)39-41-29-19(31(49)51-4)17-37-45(29)2/h5-8,12-17H,9-11,32-33H2,1-4H3. The summed E-state index contributed by atoms with van der Waals surface area (Å²) in [5, 5.41) is 35.1. The highest BCUT2D eigenvalue weighted by atomic mass is 16.5. The van der Waals surface area contributed by atoms with Crippen LogP contribution >= 0.6 is 0 Å². The Labute approximate surface area is 289 Å². The summed E-state index contributed by atoms with van der Waals surface area (Å²) >= 11 is 0. The molecule has 6 rings (SSSR count). The lowest BCUT2D eigenvalue weighted by molar-refractivity contribution is 0.0592. The maximum Gasteiger partial charge on any atom is 0.343 e. The maximum absolute atomic E-state index is 12.3. The van der Waals surface area contributed by atoms with Gasteiger partial charge in [-0.1, -0.05) is 12.1 Å². The molecule has 51 heavy (non-hydrogen) atoms. The van der Waals surface area contributed by atoms with Crippen LogP contribution in [0.15, 0.2) is 81.6 Å². The van der Waals surface area contributed by atoms with Gasteiger partial charge in [-0.3, -0.25) is 0 Å². The summed E-state index contributed by atoms with van der Waals surface area (Å²) < 4.78 is 15.4. The molecule has 4 N–H and O–H groups in total. The predicted molar refractivity (Wildman–Crippen MR) is 181 cm³/mol. The molecule has 0 saturated carbocycles. The Morgan fingerprint density at radius 2 is 1.12 bits per heavy atom. The van der Waals surface area contributed by atoms with Crippen LogP contribution in [0.5, 0.6) is 0 Å². The Morgan fingerprint density at radius 3 is 1.49 bits per heavy atom. The Morgan fingerprint density at radius 1 is 0.686 bits per heavy atom. The number of nitrogens with two attached hydrogens (primary N) is 2. The van der Waals surface area contributed by atoms with Crippen molar-refractivity contribution in [3.05, 3.63) is 83.7 Å². The van der Waals surface area contributed by atoms with Gasteiger partial charge in [-0.05, 0) is 43.5 Å². The smallest absolute Gasteiger partial charge is 0.343 e. The molecule has 0 aliphatic rings. The van der Waals surface area contributed by atoms with E-state index in [1.54, 1.807) is 62.9 Å². The summed E-state index contributed by atoms with van der Waals surface area (Å²) in [6.07, 6.45) is 7.11. The number of aryl methyl sites for hydroxylation is 4. The largest absolute Gasteiger partial charge is 0.465 e. The fourth-order valence-electron chi connectivity index (χ4n) is 5.03. The average molecular weight is 693 g/mol. The van der Waals surface area contributed by atoms with E-state index < -0.39 is 11.9 Å². The number of carbonyl (C=O) groups is 2. The Balaban J connectivity index is 1.34. The third kappa shape index (κ3) is 6.77.